The van der Waals surface area contributed by atoms with E-state index in [-0.39, 0.29) is 5.56 Å². The molecule has 0 bridgehead atoms. The molecule has 0 aliphatic carbocycles. The summed E-state index contributed by atoms with van der Waals surface area (Å²) in [5, 5.41) is 2.27. The minimum atomic E-state index is -0.0675. The zero-order valence-electron chi connectivity index (χ0n) is 8.29. The summed E-state index contributed by atoms with van der Waals surface area (Å²) in [5.74, 6) is 0.711. The lowest BCUT2D eigenvalue weighted by molar-refractivity contribution is -0.655. The van der Waals surface area contributed by atoms with E-state index < -0.39 is 0 Å². The molecule has 0 saturated carbocycles. The maximum Gasteiger partial charge on any atom is 0.252 e. The van der Waals surface area contributed by atoms with Crippen LogP contribution in [0.2, 0.25) is 0 Å². The Morgan fingerprint density at radius 1 is 1.50 bits per heavy atom. The van der Waals surface area contributed by atoms with Crippen LogP contribution in [0.4, 0.5) is 5.95 Å². The van der Waals surface area contributed by atoms with Gasteiger partial charge in [0.1, 0.15) is 0 Å². The summed E-state index contributed by atoms with van der Waals surface area (Å²) >= 11 is 0. The van der Waals surface area contributed by atoms with E-state index in [1.165, 1.54) is 6.07 Å². The zero-order chi connectivity index (χ0) is 9.97. The smallest absolute Gasteiger partial charge is 0.252 e. The molecule has 5 heteroatoms. The van der Waals surface area contributed by atoms with Crippen LogP contribution < -0.4 is 15.8 Å². The van der Waals surface area contributed by atoms with Gasteiger partial charge in [0.25, 0.3) is 5.56 Å². The Kier molecular flexibility index (Phi) is 2.49. The number of nitrogens with one attached hydrogen (secondary N) is 1. The molecule has 76 valence electrons. The summed E-state index contributed by atoms with van der Waals surface area (Å²) in [4.78, 5) is 20.4. The lowest BCUT2D eigenvalue weighted by Crippen LogP contribution is -2.89. The van der Waals surface area contributed by atoms with E-state index in [1.54, 1.807) is 0 Å². The third-order valence-electron chi connectivity index (χ3n) is 2.36. The van der Waals surface area contributed by atoms with Crippen LogP contribution in [0.15, 0.2) is 10.9 Å². The first-order valence-corrected chi connectivity index (χ1v) is 4.90. The molecule has 1 aromatic rings. The van der Waals surface area contributed by atoms with Gasteiger partial charge in [-0.1, -0.05) is 0 Å². The van der Waals surface area contributed by atoms with Crippen LogP contribution in [-0.2, 0) is 0 Å². The Balaban J connectivity index is 2.26. The van der Waals surface area contributed by atoms with Crippen LogP contribution in [0.5, 0.6) is 0 Å². The highest BCUT2D eigenvalue weighted by molar-refractivity contribution is 5.30. The molecule has 0 amide bonds. The third kappa shape index (κ3) is 1.93. The number of nitrogens with zero attached hydrogens (tertiary/aromatic N) is 2. The van der Waals surface area contributed by atoms with Crippen LogP contribution in [0.1, 0.15) is 5.69 Å². The van der Waals surface area contributed by atoms with Crippen molar-refractivity contribution in [3.8, 4) is 0 Å². The van der Waals surface area contributed by atoms with Gasteiger partial charge in [-0.3, -0.25) is 9.78 Å². The largest absolute Gasteiger partial charge is 0.343 e. The van der Waals surface area contributed by atoms with E-state index in [2.05, 4.69) is 20.2 Å². The minimum Gasteiger partial charge on any atom is -0.343 e. The summed E-state index contributed by atoms with van der Waals surface area (Å²) in [7, 11) is 0. The van der Waals surface area contributed by atoms with Crippen molar-refractivity contribution in [3.63, 3.8) is 0 Å². The van der Waals surface area contributed by atoms with Crippen molar-refractivity contribution >= 4 is 5.95 Å². The molecule has 2 rings (SSSR count). The van der Waals surface area contributed by atoms with Crippen LogP contribution in [-0.4, -0.2) is 36.1 Å². The highest BCUT2D eigenvalue weighted by Crippen LogP contribution is 2.04. The Labute approximate surface area is 82.2 Å². The molecule has 0 radical (unpaired) electrons. The van der Waals surface area contributed by atoms with E-state index in [9.17, 15) is 4.79 Å². The van der Waals surface area contributed by atoms with Crippen molar-refractivity contribution in [2.75, 3.05) is 31.1 Å². The number of H-pyrrole nitrogens is 1. The molecular formula is C9H15N4O+. The second-order valence-electron chi connectivity index (χ2n) is 3.56. The fourth-order valence-electron chi connectivity index (χ4n) is 1.68. The monoisotopic (exact) mass is 195 g/mol. The average Bonchev–Trinajstić information content (AvgIpc) is 2.18. The van der Waals surface area contributed by atoms with Crippen LogP contribution in [0.25, 0.3) is 0 Å². The van der Waals surface area contributed by atoms with Crippen LogP contribution >= 0.6 is 0 Å². The molecule has 1 aliphatic heterocycles. The van der Waals surface area contributed by atoms with Gasteiger partial charge in [-0.15, -0.1) is 0 Å². The summed E-state index contributed by atoms with van der Waals surface area (Å²) in [6.45, 7) is 5.88. The number of hydrogen-bond donors (Lipinski definition) is 2. The fraction of sp³-hybridized carbons (Fsp3) is 0.556. The van der Waals surface area contributed by atoms with E-state index >= 15 is 0 Å². The topological polar surface area (TPSA) is 65.6 Å². The van der Waals surface area contributed by atoms with Gasteiger partial charge in [-0.25, -0.2) is 4.98 Å². The average molecular weight is 195 g/mol. The van der Waals surface area contributed by atoms with Gasteiger partial charge in [0.15, 0.2) is 0 Å². The molecule has 0 unspecified atom stereocenters. The normalized spacial score (nSPS) is 17.1. The second kappa shape index (κ2) is 3.79. The fourth-order valence-corrected chi connectivity index (χ4v) is 1.68. The van der Waals surface area contributed by atoms with E-state index in [1.807, 2.05) is 6.92 Å². The quantitative estimate of drug-likeness (QED) is 0.571. The second-order valence-corrected chi connectivity index (χ2v) is 3.56. The summed E-state index contributed by atoms with van der Waals surface area (Å²) < 4.78 is 0. The first kappa shape index (κ1) is 9.21. The van der Waals surface area contributed by atoms with Crippen LogP contribution in [0.3, 0.4) is 0 Å². The standard InChI is InChI=1S/C9H14N4O/c1-7-6-8(14)12-9(11-7)13-4-2-10-3-5-13/h6,10H,2-5H2,1H3,(H,11,12,14)/p+1. The lowest BCUT2D eigenvalue weighted by atomic mass is 10.4. The number of hydrogen-bond acceptors (Lipinski definition) is 3. The number of quaternary nitrogens is 1. The molecule has 1 aromatic heterocycles. The molecule has 1 saturated heterocycles. The Hall–Kier alpha value is -1.36. The number of rotatable bonds is 1. The molecule has 3 N–H and O–H groups in total. The van der Waals surface area contributed by atoms with Gasteiger partial charge in [-0.2, -0.15) is 0 Å². The van der Waals surface area contributed by atoms with Crippen molar-refractivity contribution in [3.05, 3.63) is 22.1 Å². The first-order chi connectivity index (χ1) is 6.75. The van der Waals surface area contributed by atoms with Gasteiger partial charge in [0, 0.05) is 11.8 Å². The zero-order valence-corrected chi connectivity index (χ0v) is 8.29. The van der Waals surface area contributed by atoms with E-state index in [0.29, 0.717) is 5.95 Å². The van der Waals surface area contributed by atoms with Crippen molar-refractivity contribution in [2.45, 2.75) is 6.92 Å². The Morgan fingerprint density at radius 3 is 2.86 bits per heavy atom. The van der Waals surface area contributed by atoms with Crippen molar-refractivity contribution < 1.29 is 5.32 Å². The van der Waals surface area contributed by atoms with Gasteiger partial charge >= 0.3 is 0 Å². The molecule has 0 aromatic carbocycles. The van der Waals surface area contributed by atoms with Gasteiger partial charge < -0.3 is 10.2 Å². The van der Waals surface area contributed by atoms with Gasteiger partial charge in [-0.05, 0) is 6.92 Å². The maximum atomic E-state index is 11.2. The molecular weight excluding hydrogens is 180 g/mol. The highest BCUT2D eigenvalue weighted by atomic mass is 16.1. The number of anilines is 1. The Morgan fingerprint density at radius 2 is 2.21 bits per heavy atom. The number of aryl methyl sites for hydroxylation is 1. The highest BCUT2D eigenvalue weighted by Gasteiger charge is 2.14. The summed E-state index contributed by atoms with van der Waals surface area (Å²) in [6.07, 6.45) is 0. The molecule has 5 nitrogen and oxygen atoms in total. The van der Waals surface area contributed by atoms with Crippen molar-refractivity contribution in [1.29, 1.82) is 0 Å². The number of aromatic amines is 1. The van der Waals surface area contributed by atoms with Crippen molar-refractivity contribution in [1.82, 2.24) is 9.97 Å². The van der Waals surface area contributed by atoms with E-state index in [0.717, 1.165) is 31.9 Å². The minimum absolute atomic E-state index is 0.0675. The molecule has 0 atom stereocenters. The number of piperazine rings is 1. The predicted octanol–water partition coefficient (Wildman–Crippen LogP) is -1.54. The molecule has 14 heavy (non-hydrogen) atoms. The third-order valence-corrected chi connectivity index (χ3v) is 2.36. The molecule has 1 fully saturated rings. The molecule has 0 spiro atoms. The SMILES string of the molecule is Cc1cc(=O)[nH]c(N2CC[NH2+]CC2)n1. The summed E-state index contributed by atoms with van der Waals surface area (Å²) in [5.41, 5.74) is 0.709. The van der Waals surface area contributed by atoms with Gasteiger partial charge in [0.05, 0.1) is 26.2 Å². The Bertz CT molecular complexity index is 367. The lowest BCUT2D eigenvalue weighted by Gasteiger charge is -2.25. The van der Waals surface area contributed by atoms with Gasteiger partial charge in [0.2, 0.25) is 5.95 Å². The maximum absolute atomic E-state index is 11.2. The van der Waals surface area contributed by atoms with Crippen LogP contribution in [0, 0.1) is 6.92 Å². The van der Waals surface area contributed by atoms with Crippen molar-refractivity contribution in [2.24, 2.45) is 0 Å². The summed E-state index contributed by atoms with van der Waals surface area (Å²) in [6, 6.07) is 1.51. The number of aromatic nitrogens is 2. The number of nitrogens with two attached hydrogens (primary N) is 1. The molecule has 1 aliphatic rings. The first-order valence-electron chi connectivity index (χ1n) is 4.90. The predicted molar refractivity (Wildman–Crippen MR) is 53.5 cm³/mol. The molecule has 2 heterocycles. The van der Waals surface area contributed by atoms with E-state index in [4.69, 9.17) is 0 Å².